The molecule has 150 valence electrons. The first kappa shape index (κ1) is 22.4. The van der Waals surface area contributed by atoms with Crippen LogP contribution in [0.4, 0.5) is 4.39 Å². The molecule has 1 aliphatic rings. The molecule has 0 radical (unpaired) electrons. The highest BCUT2D eigenvalue weighted by molar-refractivity contribution is 7.97. The van der Waals surface area contributed by atoms with Crippen LogP contribution >= 0.6 is 11.9 Å². The summed E-state index contributed by atoms with van der Waals surface area (Å²) in [6, 6.07) is 16.5. The van der Waals surface area contributed by atoms with E-state index in [9.17, 15) is 4.39 Å². The lowest BCUT2D eigenvalue weighted by atomic mass is 10.0. The molecular formula is C22H29FN4S. The summed E-state index contributed by atoms with van der Waals surface area (Å²) >= 11 is 1.50. The van der Waals surface area contributed by atoms with Crippen LogP contribution < -0.4 is 10.5 Å². The van der Waals surface area contributed by atoms with Gasteiger partial charge in [0.2, 0.25) is 0 Å². The zero-order valence-electron chi connectivity index (χ0n) is 16.4. The third kappa shape index (κ3) is 7.99. The number of nitriles is 1. The topological polar surface area (TPSA) is 65.1 Å². The van der Waals surface area contributed by atoms with E-state index < -0.39 is 0 Å². The highest BCUT2D eigenvalue weighted by atomic mass is 32.2. The summed E-state index contributed by atoms with van der Waals surface area (Å²) in [5, 5.41) is 8.55. The minimum atomic E-state index is -0.135. The van der Waals surface area contributed by atoms with E-state index in [1.165, 1.54) is 43.9 Å². The normalized spacial score (nSPS) is 14.8. The summed E-state index contributed by atoms with van der Waals surface area (Å²) in [5.41, 5.74) is 7.50. The van der Waals surface area contributed by atoms with E-state index in [1.54, 1.807) is 12.1 Å². The van der Waals surface area contributed by atoms with Crippen LogP contribution in [0.15, 0.2) is 53.4 Å². The first-order valence-electron chi connectivity index (χ1n) is 9.67. The second kappa shape index (κ2) is 12.5. The Labute approximate surface area is 172 Å². The summed E-state index contributed by atoms with van der Waals surface area (Å²) in [5.74, 6) is -0.135. The molecule has 1 heterocycles. The molecular weight excluding hydrogens is 371 g/mol. The molecule has 3 N–H and O–H groups in total. The molecule has 1 saturated heterocycles. The van der Waals surface area contributed by atoms with Crippen LogP contribution in [0.2, 0.25) is 0 Å². The van der Waals surface area contributed by atoms with Crippen LogP contribution in [-0.4, -0.2) is 37.6 Å². The van der Waals surface area contributed by atoms with E-state index in [0.717, 1.165) is 23.4 Å². The number of hydrogen-bond acceptors (Lipinski definition) is 5. The van der Waals surface area contributed by atoms with E-state index in [-0.39, 0.29) is 11.9 Å². The third-order valence-electron chi connectivity index (χ3n) is 4.64. The predicted molar refractivity (Wildman–Crippen MR) is 114 cm³/mol. The minimum Gasteiger partial charge on any atom is -0.327 e. The van der Waals surface area contributed by atoms with Crippen LogP contribution in [0, 0.1) is 17.1 Å². The fraction of sp³-hybridized carbons (Fsp3) is 0.409. The summed E-state index contributed by atoms with van der Waals surface area (Å²) in [7, 11) is 1.85. The average molecular weight is 401 g/mol. The van der Waals surface area contributed by atoms with Crippen molar-refractivity contribution in [3.63, 3.8) is 0 Å². The zero-order valence-corrected chi connectivity index (χ0v) is 17.2. The summed E-state index contributed by atoms with van der Waals surface area (Å²) < 4.78 is 16.4. The van der Waals surface area contributed by atoms with Crippen molar-refractivity contribution in [1.29, 1.82) is 5.26 Å². The van der Waals surface area contributed by atoms with Crippen LogP contribution in [-0.2, 0) is 6.42 Å². The molecule has 0 amide bonds. The number of likely N-dealkylation sites (tertiary alicyclic amines) is 1. The van der Waals surface area contributed by atoms with Gasteiger partial charge in [-0.05, 0) is 94.1 Å². The van der Waals surface area contributed by atoms with Gasteiger partial charge >= 0.3 is 0 Å². The molecule has 28 heavy (non-hydrogen) atoms. The lowest BCUT2D eigenvalue weighted by molar-refractivity contribution is 0.320. The smallest absolute Gasteiger partial charge is 0.126 e. The van der Waals surface area contributed by atoms with E-state index >= 15 is 0 Å². The molecule has 2 aromatic rings. The summed E-state index contributed by atoms with van der Waals surface area (Å²) in [4.78, 5) is 3.51. The molecule has 0 aromatic heterocycles. The molecule has 0 aliphatic carbocycles. The van der Waals surface area contributed by atoms with Crippen molar-refractivity contribution in [2.75, 3.05) is 26.7 Å². The number of halogens is 1. The van der Waals surface area contributed by atoms with Crippen molar-refractivity contribution in [3.05, 3.63) is 65.5 Å². The molecule has 1 fully saturated rings. The Balaban J connectivity index is 0.000000221. The number of hydrogen-bond donors (Lipinski definition) is 2. The lowest BCUT2D eigenvalue weighted by Gasteiger charge is -2.18. The number of nitrogens with two attached hydrogens (primary N) is 1. The molecule has 1 atom stereocenters. The summed E-state index contributed by atoms with van der Waals surface area (Å²) in [6.45, 7) is 3.45. The van der Waals surface area contributed by atoms with Crippen molar-refractivity contribution in [2.45, 2.75) is 36.6 Å². The van der Waals surface area contributed by atoms with Gasteiger partial charge in [-0.3, -0.25) is 4.72 Å². The maximum absolute atomic E-state index is 13.4. The van der Waals surface area contributed by atoms with Gasteiger partial charge < -0.3 is 10.6 Å². The van der Waals surface area contributed by atoms with Crippen molar-refractivity contribution < 1.29 is 4.39 Å². The van der Waals surface area contributed by atoms with Gasteiger partial charge in [0.15, 0.2) is 0 Å². The van der Waals surface area contributed by atoms with Gasteiger partial charge in [-0.2, -0.15) is 5.26 Å². The molecule has 1 aliphatic heterocycles. The maximum atomic E-state index is 13.4. The highest BCUT2D eigenvalue weighted by Gasteiger charge is 2.13. The molecule has 0 bridgehead atoms. The van der Waals surface area contributed by atoms with E-state index in [2.05, 4.69) is 15.7 Å². The lowest BCUT2D eigenvalue weighted by Crippen LogP contribution is -2.30. The van der Waals surface area contributed by atoms with Gasteiger partial charge in [-0.25, -0.2) is 4.39 Å². The monoisotopic (exact) mass is 400 g/mol. The van der Waals surface area contributed by atoms with Crippen LogP contribution in [0.1, 0.15) is 30.4 Å². The van der Waals surface area contributed by atoms with Crippen molar-refractivity contribution in [3.8, 4) is 6.07 Å². The maximum Gasteiger partial charge on any atom is 0.126 e. The van der Waals surface area contributed by atoms with Gasteiger partial charge in [0.05, 0.1) is 11.6 Å². The van der Waals surface area contributed by atoms with Crippen molar-refractivity contribution in [1.82, 2.24) is 9.62 Å². The molecule has 6 heteroatoms. The van der Waals surface area contributed by atoms with E-state index in [4.69, 9.17) is 11.0 Å². The molecule has 2 aromatic carbocycles. The highest BCUT2D eigenvalue weighted by Crippen LogP contribution is 2.14. The first-order valence-corrected chi connectivity index (χ1v) is 10.5. The molecule has 0 saturated carbocycles. The Bertz CT molecular complexity index is 756. The fourth-order valence-corrected chi connectivity index (χ4v) is 3.72. The fourth-order valence-electron chi connectivity index (χ4n) is 3.15. The Kier molecular flexibility index (Phi) is 10.0. The van der Waals surface area contributed by atoms with E-state index in [1.807, 2.05) is 37.4 Å². The third-order valence-corrected chi connectivity index (χ3v) is 5.33. The number of nitrogens with one attached hydrogen (secondary N) is 1. The van der Waals surface area contributed by atoms with Crippen molar-refractivity contribution in [2.24, 2.45) is 5.73 Å². The second-order valence-corrected chi connectivity index (χ2v) is 7.92. The van der Waals surface area contributed by atoms with Gasteiger partial charge in [0.1, 0.15) is 5.82 Å². The zero-order chi connectivity index (χ0) is 20.2. The predicted octanol–water partition coefficient (Wildman–Crippen LogP) is 3.97. The summed E-state index contributed by atoms with van der Waals surface area (Å²) in [6.07, 6.45) is 4.21. The van der Waals surface area contributed by atoms with Gasteiger partial charge in [0.25, 0.3) is 0 Å². The number of nitrogens with zero attached hydrogens (tertiary/aromatic N) is 2. The van der Waals surface area contributed by atoms with Crippen LogP contribution in [0.25, 0.3) is 0 Å². The SMILES string of the molecule is CNSc1cccc(C#N)c1.N[C@@H](CCN1CCCC1)Cc1ccccc1F. The van der Waals surface area contributed by atoms with E-state index in [0.29, 0.717) is 12.0 Å². The van der Waals surface area contributed by atoms with Crippen molar-refractivity contribution >= 4 is 11.9 Å². The average Bonchev–Trinajstić information content (AvgIpc) is 3.23. The molecule has 0 spiro atoms. The number of benzene rings is 2. The quantitative estimate of drug-likeness (QED) is 0.689. The molecule has 4 nitrogen and oxygen atoms in total. The van der Waals surface area contributed by atoms with Gasteiger partial charge in [-0.1, -0.05) is 24.3 Å². The Morgan fingerprint density at radius 2 is 1.96 bits per heavy atom. The minimum absolute atomic E-state index is 0.0625. The second-order valence-electron chi connectivity index (χ2n) is 6.84. The standard InChI is InChI=1S/C14H21FN2.C8H8N2S/c15-14-6-2-1-5-12(14)11-13(16)7-10-17-8-3-4-9-17;1-10-11-8-4-2-3-7(5-8)6-9/h1-2,5-6,13H,3-4,7-11,16H2;2-5,10H,1H3/t13-;/m0./s1. The molecule has 0 unspecified atom stereocenters. The van der Waals surface area contributed by atoms with Crippen LogP contribution in [0.5, 0.6) is 0 Å². The first-order chi connectivity index (χ1) is 13.6. The van der Waals surface area contributed by atoms with Gasteiger partial charge in [0, 0.05) is 10.9 Å². The largest absolute Gasteiger partial charge is 0.327 e. The Morgan fingerprint density at radius 3 is 2.64 bits per heavy atom. The Morgan fingerprint density at radius 1 is 1.21 bits per heavy atom. The molecule has 3 rings (SSSR count). The number of rotatable bonds is 7. The van der Waals surface area contributed by atoms with Gasteiger partial charge in [-0.15, -0.1) is 0 Å². The Hall–Kier alpha value is -1.91. The van der Waals surface area contributed by atoms with Crippen LogP contribution in [0.3, 0.4) is 0 Å².